The number of rotatable bonds is 7. The monoisotopic (exact) mass is 516 g/mol. The van der Waals surface area contributed by atoms with E-state index in [1.165, 1.54) is 18.2 Å². The zero-order valence-electron chi connectivity index (χ0n) is 17.3. The first-order valence-corrected chi connectivity index (χ1v) is 10.9. The quantitative estimate of drug-likeness (QED) is 0.385. The van der Waals surface area contributed by atoms with Gasteiger partial charge < -0.3 is 19.0 Å². The Labute approximate surface area is 200 Å². The molecular formula is C23H17Cl2F3O6. The van der Waals surface area contributed by atoms with Crippen LogP contribution < -0.4 is 10.2 Å². The summed E-state index contributed by atoms with van der Waals surface area (Å²) in [6.45, 7) is 0.420. The molecule has 0 saturated heterocycles. The molecule has 0 aliphatic heterocycles. The molecule has 0 spiro atoms. The smallest absolute Gasteiger partial charge is 0.417 e. The topological polar surface area (TPSA) is 86.0 Å². The molecule has 1 aromatic heterocycles. The summed E-state index contributed by atoms with van der Waals surface area (Å²) in [5, 5.41) is 8.27. The Hall–Kier alpha value is -2.75. The molecule has 1 aliphatic carbocycles. The molecule has 0 radical (unpaired) electrons. The number of hydrogen-bond donors (Lipinski definition) is 1. The van der Waals surface area contributed by atoms with Crippen LogP contribution in [0.25, 0.3) is 22.3 Å². The molecule has 2 aromatic carbocycles. The highest BCUT2D eigenvalue weighted by molar-refractivity contribution is 6.35. The largest absolute Gasteiger partial charge is 0.490 e. The van der Waals surface area contributed by atoms with Gasteiger partial charge in [0.15, 0.2) is 11.0 Å². The lowest BCUT2D eigenvalue weighted by molar-refractivity contribution is -0.151. The van der Waals surface area contributed by atoms with Crippen molar-refractivity contribution in [1.82, 2.24) is 0 Å². The maximum atomic E-state index is 13.2. The van der Waals surface area contributed by atoms with Gasteiger partial charge >= 0.3 is 12.1 Å². The van der Waals surface area contributed by atoms with Crippen LogP contribution in [0.1, 0.15) is 18.4 Å². The minimum Gasteiger partial charge on any atom is -0.490 e. The normalized spacial score (nSPS) is 18.0. The predicted octanol–water partition coefficient (Wildman–Crippen LogP) is 6.04. The molecule has 1 aliphatic rings. The molecule has 0 amide bonds. The fourth-order valence-electron chi connectivity index (χ4n) is 3.59. The SMILES string of the molecule is O=C(O)C1CC(OCCOc2ccc(-c3cc(=O)c4ccc(C(F)(F)F)c(Cl)c4o3)cc2Cl)C1. The molecule has 1 heterocycles. The molecule has 0 bridgehead atoms. The molecule has 1 saturated carbocycles. The molecule has 1 fully saturated rings. The zero-order valence-corrected chi connectivity index (χ0v) is 18.8. The van der Waals surface area contributed by atoms with E-state index in [-0.39, 0.29) is 47.0 Å². The zero-order chi connectivity index (χ0) is 24.6. The Bertz CT molecular complexity index is 1300. The number of carbonyl (C=O) groups is 1. The summed E-state index contributed by atoms with van der Waals surface area (Å²) in [6, 6.07) is 7.43. The first-order valence-electron chi connectivity index (χ1n) is 10.1. The van der Waals surface area contributed by atoms with Crippen molar-refractivity contribution >= 4 is 40.1 Å². The second kappa shape index (κ2) is 9.48. The van der Waals surface area contributed by atoms with Crippen molar-refractivity contribution in [1.29, 1.82) is 0 Å². The fourth-order valence-corrected chi connectivity index (χ4v) is 4.13. The summed E-state index contributed by atoms with van der Waals surface area (Å²) in [6.07, 6.45) is -3.88. The van der Waals surface area contributed by atoms with Gasteiger partial charge in [0, 0.05) is 11.6 Å². The Kier molecular flexibility index (Phi) is 6.80. The third kappa shape index (κ3) is 5.01. The number of benzene rings is 2. The summed E-state index contributed by atoms with van der Waals surface area (Å²) in [5.41, 5.74) is -1.68. The maximum Gasteiger partial charge on any atom is 0.417 e. The Morgan fingerprint density at radius 3 is 2.50 bits per heavy atom. The van der Waals surface area contributed by atoms with E-state index >= 15 is 0 Å². The third-order valence-electron chi connectivity index (χ3n) is 5.50. The van der Waals surface area contributed by atoms with Gasteiger partial charge in [-0.3, -0.25) is 9.59 Å². The molecule has 1 N–H and O–H groups in total. The number of hydrogen-bond acceptors (Lipinski definition) is 5. The predicted molar refractivity (Wildman–Crippen MR) is 119 cm³/mol. The molecule has 180 valence electrons. The van der Waals surface area contributed by atoms with E-state index in [2.05, 4.69) is 0 Å². The van der Waals surface area contributed by atoms with E-state index in [0.29, 0.717) is 24.2 Å². The number of ether oxygens (including phenoxy) is 2. The lowest BCUT2D eigenvalue weighted by Crippen LogP contribution is -2.37. The highest BCUT2D eigenvalue weighted by Crippen LogP contribution is 2.39. The average molecular weight is 517 g/mol. The van der Waals surface area contributed by atoms with Gasteiger partial charge in [0.2, 0.25) is 0 Å². The highest BCUT2D eigenvalue weighted by Gasteiger charge is 2.35. The third-order valence-corrected chi connectivity index (χ3v) is 6.17. The van der Waals surface area contributed by atoms with Crippen molar-refractivity contribution < 1.29 is 37.0 Å². The van der Waals surface area contributed by atoms with Crippen molar-refractivity contribution in [3.63, 3.8) is 0 Å². The highest BCUT2D eigenvalue weighted by atomic mass is 35.5. The van der Waals surface area contributed by atoms with Crippen LogP contribution in [0.5, 0.6) is 5.75 Å². The molecule has 0 unspecified atom stereocenters. The number of carboxylic acid groups (broad SMARTS) is 1. The maximum absolute atomic E-state index is 13.2. The van der Waals surface area contributed by atoms with Gasteiger partial charge in [-0.15, -0.1) is 0 Å². The van der Waals surface area contributed by atoms with Gasteiger partial charge in [-0.25, -0.2) is 0 Å². The summed E-state index contributed by atoms with van der Waals surface area (Å²) in [5.74, 6) is -0.869. The lowest BCUT2D eigenvalue weighted by atomic mass is 9.82. The molecular weight excluding hydrogens is 500 g/mol. The number of fused-ring (bicyclic) bond motifs is 1. The minimum atomic E-state index is -4.71. The molecule has 6 nitrogen and oxygen atoms in total. The summed E-state index contributed by atoms with van der Waals surface area (Å²) in [7, 11) is 0. The van der Waals surface area contributed by atoms with E-state index in [9.17, 15) is 22.8 Å². The molecule has 4 rings (SSSR count). The average Bonchev–Trinajstić information content (AvgIpc) is 2.72. The van der Waals surface area contributed by atoms with Gasteiger partial charge in [0.1, 0.15) is 18.1 Å². The summed E-state index contributed by atoms with van der Waals surface area (Å²) in [4.78, 5) is 23.2. The van der Waals surface area contributed by atoms with Crippen LogP contribution in [0.2, 0.25) is 10.0 Å². The molecule has 34 heavy (non-hydrogen) atoms. The van der Waals surface area contributed by atoms with E-state index < -0.39 is 28.2 Å². The molecule has 0 atom stereocenters. The first kappa shape index (κ1) is 24.4. The number of aliphatic carboxylic acids is 1. The number of alkyl halides is 3. The van der Waals surface area contributed by atoms with Crippen molar-refractivity contribution in [2.24, 2.45) is 5.92 Å². The standard InChI is InChI=1S/C23H17Cl2F3O6/c24-16-9-11(1-4-18(16)33-6-5-32-13-7-12(8-13)22(30)31)19-10-17(29)14-2-3-15(23(26,27)28)20(25)21(14)34-19/h1-4,9-10,12-13H,5-8H2,(H,30,31). The Balaban J connectivity index is 1.48. The Morgan fingerprint density at radius 1 is 1.12 bits per heavy atom. The fraction of sp³-hybridized carbons (Fsp3) is 0.304. The lowest BCUT2D eigenvalue weighted by Gasteiger charge is -2.31. The molecule has 11 heteroatoms. The summed E-state index contributed by atoms with van der Waals surface area (Å²) >= 11 is 12.2. The Morgan fingerprint density at radius 2 is 1.85 bits per heavy atom. The van der Waals surface area contributed by atoms with Crippen molar-refractivity contribution in [2.45, 2.75) is 25.1 Å². The van der Waals surface area contributed by atoms with Crippen LogP contribution in [0, 0.1) is 5.92 Å². The van der Waals surface area contributed by atoms with Crippen LogP contribution in [0.15, 0.2) is 45.6 Å². The van der Waals surface area contributed by atoms with Gasteiger partial charge in [0.05, 0.1) is 39.6 Å². The van der Waals surface area contributed by atoms with E-state index in [4.69, 9.17) is 42.2 Å². The van der Waals surface area contributed by atoms with Gasteiger partial charge in [0.25, 0.3) is 0 Å². The van der Waals surface area contributed by atoms with Gasteiger partial charge in [-0.05, 0) is 43.2 Å². The molecule has 3 aromatic rings. The minimum absolute atomic E-state index is 0.00604. The van der Waals surface area contributed by atoms with Crippen LogP contribution >= 0.6 is 23.2 Å². The van der Waals surface area contributed by atoms with Crippen LogP contribution in [0.4, 0.5) is 13.2 Å². The van der Waals surface area contributed by atoms with Gasteiger partial charge in [-0.1, -0.05) is 23.2 Å². The van der Waals surface area contributed by atoms with Crippen LogP contribution in [-0.2, 0) is 15.7 Å². The second-order valence-corrected chi connectivity index (χ2v) is 8.55. The van der Waals surface area contributed by atoms with E-state index in [0.717, 1.165) is 18.2 Å². The number of carboxylic acids is 1. The first-order chi connectivity index (χ1) is 16.0. The number of halogens is 5. The summed E-state index contributed by atoms with van der Waals surface area (Å²) < 4.78 is 56.2. The van der Waals surface area contributed by atoms with Crippen LogP contribution in [0.3, 0.4) is 0 Å². The van der Waals surface area contributed by atoms with Crippen LogP contribution in [-0.4, -0.2) is 30.4 Å². The van der Waals surface area contributed by atoms with Crippen molar-refractivity contribution in [3.05, 3.63) is 62.2 Å². The second-order valence-electron chi connectivity index (χ2n) is 7.77. The van der Waals surface area contributed by atoms with E-state index in [1.807, 2.05) is 0 Å². The van der Waals surface area contributed by atoms with Crippen molar-refractivity contribution in [2.75, 3.05) is 13.2 Å². The van der Waals surface area contributed by atoms with E-state index in [1.54, 1.807) is 0 Å². The van der Waals surface area contributed by atoms with Crippen molar-refractivity contribution in [3.8, 4) is 17.1 Å². The van der Waals surface area contributed by atoms with Gasteiger partial charge in [-0.2, -0.15) is 13.2 Å².